The smallest absolute Gasteiger partial charge is 0.437 e. The first-order valence-corrected chi connectivity index (χ1v) is 10.8. The van der Waals surface area contributed by atoms with Crippen LogP contribution in [0.4, 0.5) is 8.78 Å². The van der Waals surface area contributed by atoms with Crippen LogP contribution < -0.4 is 23.7 Å². The molecule has 1 atom stereocenters. The van der Waals surface area contributed by atoms with Gasteiger partial charge in [0.2, 0.25) is 0 Å². The number of halogens is 2. The van der Waals surface area contributed by atoms with E-state index in [1.807, 2.05) is 0 Å². The summed E-state index contributed by atoms with van der Waals surface area (Å²) in [6.07, 6.45) is 1.53. The van der Waals surface area contributed by atoms with E-state index in [2.05, 4.69) is 4.74 Å². The van der Waals surface area contributed by atoms with Gasteiger partial charge in [0.05, 0.1) is 50.6 Å². The fraction of sp³-hybridized carbons (Fsp3) is 0.273. The summed E-state index contributed by atoms with van der Waals surface area (Å²) in [6, 6.07) is 7.22. The lowest BCUT2D eigenvalue weighted by atomic mass is 10.1. The van der Waals surface area contributed by atoms with Crippen LogP contribution in [-0.2, 0) is 26.1 Å². The Hall–Kier alpha value is -3.67. The highest BCUT2D eigenvalue weighted by molar-refractivity contribution is 7.87. The Morgan fingerprint density at radius 2 is 1.53 bits per heavy atom. The number of methoxy groups -OCH3 is 4. The van der Waals surface area contributed by atoms with Gasteiger partial charge in [-0.3, -0.25) is 4.21 Å². The Balaban J connectivity index is 2.26. The summed E-state index contributed by atoms with van der Waals surface area (Å²) in [5.74, 6) is -8.95. The average Bonchev–Trinajstić information content (AvgIpc) is 2.82. The van der Waals surface area contributed by atoms with Crippen LogP contribution in [0, 0.1) is 0 Å². The van der Waals surface area contributed by atoms with Gasteiger partial charge in [0, 0.05) is 17.5 Å². The Morgan fingerprint density at radius 3 is 2.03 bits per heavy atom. The van der Waals surface area contributed by atoms with E-state index < -0.39 is 34.4 Å². The summed E-state index contributed by atoms with van der Waals surface area (Å²) in [4.78, 5) is 22.2. The van der Waals surface area contributed by atoms with Crippen LogP contribution >= 0.6 is 0 Å². The SMILES string of the molecule is COc1cc(OC)c(/C=C/S(=O)Cc2ccc(OC)c(OC(=O)C(F)(F)C(=O)O)c2)c(OC)c1. The van der Waals surface area contributed by atoms with E-state index in [0.717, 1.165) is 6.07 Å². The molecular weight excluding hydrogens is 478 g/mol. The van der Waals surface area contributed by atoms with Crippen molar-refractivity contribution in [1.29, 1.82) is 0 Å². The lowest BCUT2D eigenvalue weighted by Crippen LogP contribution is -2.40. The highest BCUT2D eigenvalue weighted by atomic mass is 32.2. The Bertz CT molecular complexity index is 1090. The number of carbonyl (C=O) groups is 2. The van der Waals surface area contributed by atoms with Crippen molar-refractivity contribution in [2.24, 2.45) is 0 Å². The number of aliphatic carboxylic acids is 1. The molecule has 0 aliphatic heterocycles. The zero-order valence-corrected chi connectivity index (χ0v) is 19.4. The largest absolute Gasteiger partial charge is 0.496 e. The van der Waals surface area contributed by atoms with Crippen LogP contribution in [0.3, 0.4) is 0 Å². The second kappa shape index (κ2) is 11.5. The molecule has 2 aromatic rings. The van der Waals surface area contributed by atoms with Gasteiger partial charge < -0.3 is 28.8 Å². The highest BCUT2D eigenvalue weighted by Gasteiger charge is 2.50. The maximum Gasteiger partial charge on any atom is 0.437 e. The maximum atomic E-state index is 13.4. The maximum absolute atomic E-state index is 13.4. The predicted molar refractivity (Wildman–Crippen MR) is 118 cm³/mol. The Labute approximate surface area is 196 Å². The molecule has 1 N–H and O–H groups in total. The molecule has 0 spiro atoms. The zero-order chi connectivity index (χ0) is 25.5. The summed E-state index contributed by atoms with van der Waals surface area (Å²) >= 11 is 0. The molecule has 0 aliphatic rings. The third-order valence-corrected chi connectivity index (χ3v) is 5.46. The minimum absolute atomic E-state index is 0.0822. The predicted octanol–water partition coefficient (Wildman–Crippen LogP) is 3.27. The van der Waals surface area contributed by atoms with Crippen LogP contribution in [0.15, 0.2) is 35.7 Å². The number of hydrogen-bond acceptors (Lipinski definition) is 8. The quantitative estimate of drug-likeness (QED) is 0.282. The van der Waals surface area contributed by atoms with Crippen molar-refractivity contribution >= 4 is 28.8 Å². The van der Waals surface area contributed by atoms with Gasteiger partial charge in [-0.2, -0.15) is 8.78 Å². The van der Waals surface area contributed by atoms with Gasteiger partial charge in [0.1, 0.15) is 17.2 Å². The van der Waals surface area contributed by atoms with Gasteiger partial charge in [-0.25, -0.2) is 9.59 Å². The van der Waals surface area contributed by atoms with Crippen LogP contribution in [-0.4, -0.2) is 55.6 Å². The third-order valence-electron chi connectivity index (χ3n) is 4.40. The molecule has 2 aromatic carbocycles. The van der Waals surface area contributed by atoms with E-state index in [-0.39, 0.29) is 11.5 Å². The lowest BCUT2D eigenvalue weighted by Gasteiger charge is -2.14. The van der Waals surface area contributed by atoms with E-state index in [1.54, 1.807) is 12.1 Å². The average molecular weight is 500 g/mol. The molecule has 0 saturated carbocycles. The summed E-state index contributed by atoms with van der Waals surface area (Å²) in [5.41, 5.74) is 0.860. The lowest BCUT2D eigenvalue weighted by molar-refractivity contribution is -0.180. The van der Waals surface area contributed by atoms with Crippen molar-refractivity contribution in [1.82, 2.24) is 0 Å². The van der Waals surface area contributed by atoms with Crippen molar-refractivity contribution in [3.8, 4) is 28.7 Å². The van der Waals surface area contributed by atoms with Gasteiger partial charge >= 0.3 is 17.9 Å². The number of carboxylic acid groups (broad SMARTS) is 1. The normalized spacial score (nSPS) is 12.2. The van der Waals surface area contributed by atoms with Gasteiger partial charge in [-0.15, -0.1) is 0 Å². The van der Waals surface area contributed by atoms with E-state index in [0.29, 0.717) is 28.4 Å². The Morgan fingerprint density at radius 1 is 0.941 bits per heavy atom. The third kappa shape index (κ3) is 6.22. The van der Waals surface area contributed by atoms with Crippen LogP contribution in [0.5, 0.6) is 28.7 Å². The molecule has 2 rings (SSSR count). The van der Waals surface area contributed by atoms with Gasteiger partial charge in [-0.05, 0) is 23.8 Å². The summed E-state index contributed by atoms with van der Waals surface area (Å²) in [6.45, 7) is 0. The molecule has 184 valence electrons. The summed E-state index contributed by atoms with van der Waals surface area (Å²) < 4.78 is 64.8. The fourth-order valence-electron chi connectivity index (χ4n) is 2.70. The number of benzene rings is 2. The zero-order valence-electron chi connectivity index (χ0n) is 18.6. The molecule has 9 nitrogen and oxygen atoms in total. The van der Waals surface area contributed by atoms with Crippen molar-refractivity contribution in [2.45, 2.75) is 11.7 Å². The van der Waals surface area contributed by atoms with Crippen molar-refractivity contribution in [2.75, 3.05) is 28.4 Å². The second-order valence-electron chi connectivity index (χ2n) is 6.53. The molecule has 1 unspecified atom stereocenters. The first-order valence-electron chi connectivity index (χ1n) is 9.43. The molecule has 0 bridgehead atoms. The molecule has 0 aromatic heterocycles. The van der Waals surface area contributed by atoms with E-state index in [9.17, 15) is 22.6 Å². The number of carboxylic acids is 1. The molecule has 12 heteroatoms. The molecule has 0 heterocycles. The number of carbonyl (C=O) groups excluding carboxylic acids is 1. The van der Waals surface area contributed by atoms with Crippen molar-refractivity contribution in [3.63, 3.8) is 0 Å². The van der Waals surface area contributed by atoms with Gasteiger partial charge in [-0.1, -0.05) is 6.07 Å². The number of rotatable bonds is 11. The Kier molecular flexibility index (Phi) is 8.96. The minimum Gasteiger partial charge on any atom is -0.496 e. The molecule has 0 saturated heterocycles. The molecular formula is C22H22F2O9S. The van der Waals surface area contributed by atoms with Crippen molar-refractivity contribution < 1.29 is 51.4 Å². The topological polar surface area (TPSA) is 118 Å². The monoisotopic (exact) mass is 500 g/mol. The summed E-state index contributed by atoms with van der Waals surface area (Å²) in [7, 11) is 4.00. The van der Waals surface area contributed by atoms with Crippen LogP contribution in [0.2, 0.25) is 0 Å². The number of alkyl halides is 2. The molecule has 0 amide bonds. The molecule has 34 heavy (non-hydrogen) atoms. The van der Waals surface area contributed by atoms with E-state index in [1.165, 1.54) is 52.1 Å². The van der Waals surface area contributed by atoms with Crippen LogP contribution in [0.1, 0.15) is 11.1 Å². The van der Waals surface area contributed by atoms with Gasteiger partial charge in [0.25, 0.3) is 0 Å². The van der Waals surface area contributed by atoms with E-state index >= 15 is 0 Å². The molecule has 0 aliphatic carbocycles. The van der Waals surface area contributed by atoms with Gasteiger partial charge in [0.15, 0.2) is 11.5 Å². The van der Waals surface area contributed by atoms with Crippen LogP contribution in [0.25, 0.3) is 6.08 Å². The second-order valence-corrected chi connectivity index (χ2v) is 7.85. The van der Waals surface area contributed by atoms with Crippen molar-refractivity contribution in [3.05, 3.63) is 46.9 Å². The number of hydrogen-bond donors (Lipinski definition) is 1. The summed E-state index contributed by atoms with van der Waals surface area (Å²) in [5, 5.41) is 9.87. The minimum atomic E-state index is -4.75. The van der Waals surface area contributed by atoms with E-state index in [4.69, 9.17) is 24.1 Å². The first kappa shape index (κ1) is 26.6. The first-order chi connectivity index (χ1) is 16.1. The number of esters is 1. The molecule has 0 radical (unpaired) electrons. The number of ether oxygens (including phenoxy) is 5. The highest BCUT2D eigenvalue weighted by Crippen LogP contribution is 2.35. The fourth-order valence-corrected chi connectivity index (χ4v) is 3.59. The standard InChI is InChI=1S/C22H22F2O9S/c1-29-14-10-17(31-3)15(18(11-14)32-4)7-8-34(28)12-13-5-6-16(30-2)19(9-13)33-21(27)22(23,24)20(25)26/h5-11H,12H2,1-4H3,(H,25,26)/b8-7+. The molecule has 0 fully saturated rings.